The smallest absolute Gasteiger partial charge is 0.191 e. The van der Waals surface area contributed by atoms with Crippen LogP contribution in [0.2, 0.25) is 0 Å². The third-order valence-corrected chi connectivity index (χ3v) is 3.65. The molecule has 0 fully saturated rings. The van der Waals surface area contributed by atoms with Crippen LogP contribution in [0.3, 0.4) is 0 Å². The van der Waals surface area contributed by atoms with E-state index >= 15 is 0 Å². The Labute approximate surface area is 109 Å². The second-order valence-corrected chi connectivity index (χ2v) is 4.87. The van der Waals surface area contributed by atoms with Gasteiger partial charge in [0.25, 0.3) is 0 Å². The predicted octanol–water partition coefficient (Wildman–Crippen LogP) is 0.927. The lowest BCUT2D eigenvalue weighted by Gasteiger charge is -2.06. The minimum Gasteiger partial charge on any atom is -0.394 e. The van der Waals surface area contributed by atoms with E-state index in [1.165, 1.54) is 11.8 Å². The van der Waals surface area contributed by atoms with Crippen molar-refractivity contribution in [1.29, 1.82) is 0 Å². The molecule has 0 radical (unpaired) electrons. The van der Waals surface area contributed by atoms with Crippen molar-refractivity contribution in [3.05, 3.63) is 30.3 Å². The standard InChI is InChI=1S/C12H15N3O2S/c1-15-11(9-5-3-2-4-6-9)13-14-12(15)18-8-10(17)7-16/h2-6,10,16-17H,7-8H2,1H3. The number of thioether (sulfide) groups is 1. The quantitative estimate of drug-likeness (QED) is 0.787. The molecule has 0 aliphatic rings. The van der Waals surface area contributed by atoms with Crippen LogP contribution in [0.5, 0.6) is 0 Å². The van der Waals surface area contributed by atoms with E-state index in [1.807, 2.05) is 41.9 Å². The summed E-state index contributed by atoms with van der Waals surface area (Å²) in [6, 6.07) is 9.80. The van der Waals surface area contributed by atoms with Crippen molar-refractivity contribution >= 4 is 11.8 Å². The minimum atomic E-state index is -0.730. The van der Waals surface area contributed by atoms with Gasteiger partial charge in [0.2, 0.25) is 0 Å². The Balaban J connectivity index is 2.14. The normalized spacial score (nSPS) is 12.6. The Hall–Kier alpha value is -1.37. The molecular weight excluding hydrogens is 250 g/mol. The zero-order valence-electron chi connectivity index (χ0n) is 10.0. The van der Waals surface area contributed by atoms with Crippen LogP contribution in [0.4, 0.5) is 0 Å². The molecule has 0 saturated carbocycles. The summed E-state index contributed by atoms with van der Waals surface area (Å²) < 4.78 is 1.88. The molecule has 1 aromatic carbocycles. The Morgan fingerprint density at radius 1 is 1.28 bits per heavy atom. The van der Waals surface area contributed by atoms with Crippen molar-refractivity contribution in [2.75, 3.05) is 12.4 Å². The van der Waals surface area contributed by atoms with Crippen molar-refractivity contribution in [3.8, 4) is 11.4 Å². The van der Waals surface area contributed by atoms with Crippen LogP contribution in [-0.4, -0.2) is 43.4 Å². The topological polar surface area (TPSA) is 71.2 Å². The lowest BCUT2D eigenvalue weighted by molar-refractivity contribution is 0.113. The molecule has 0 saturated heterocycles. The first-order valence-corrected chi connectivity index (χ1v) is 6.57. The van der Waals surface area contributed by atoms with E-state index in [2.05, 4.69) is 10.2 Å². The van der Waals surface area contributed by atoms with Gasteiger partial charge >= 0.3 is 0 Å². The highest BCUT2D eigenvalue weighted by atomic mass is 32.2. The van der Waals surface area contributed by atoms with Crippen molar-refractivity contribution in [2.45, 2.75) is 11.3 Å². The number of aromatic nitrogens is 3. The highest BCUT2D eigenvalue weighted by Crippen LogP contribution is 2.22. The Kier molecular flexibility index (Phi) is 4.35. The summed E-state index contributed by atoms with van der Waals surface area (Å²) in [5, 5.41) is 27.0. The lowest BCUT2D eigenvalue weighted by Crippen LogP contribution is -2.15. The van der Waals surface area contributed by atoms with E-state index in [4.69, 9.17) is 5.11 Å². The van der Waals surface area contributed by atoms with Crippen LogP contribution >= 0.6 is 11.8 Å². The van der Waals surface area contributed by atoms with Gasteiger partial charge in [-0.05, 0) is 0 Å². The Bertz CT molecular complexity index is 501. The van der Waals surface area contributed by atoms with Crippen LogP contribution < -0.4 is 0 Å². The molecule has 0 aliphatic heterocycles. The fourth-order valence-electron chi connectivity index (χ4n) is 1.50. The highest BCUT2D eigenvalue weighted by molar-refractivity contribution is 7.99. The summed E-state index contributed by atoms with van der Waals surface area (Å²) in [4.78, 5) is 0. The van der Waals surface area contributed by atoms with Crippen LogP contribution in [0.15, 0.2) is 35.5 Å². The van der Waals surface area contributed by atoms with E-state index in [0.717, 1.165) is 16.5 Å². The zero-order chi connectivity index (χ0) is 13.0. The minimum absolute atomic E-state index is 0.240. The molecule has 1 aromatic heterocycles. The molecule has 6 heteroatoms. The average Bonchev–Trinajstić information content (AvgIpc) is 2.78. The monoisotopic (exact) mass is 265 g/mol. The molecular formula is C12H15N3O2S. The van der Waals surface area contributed by atoms with Gasteiger partial charge in [-0.2, -0.15) is 0 Å². The third-order valence-electron chi connectivity index (χ3n) is 2.48. The van der Waals surface area contributed by atoms with Gasteiger partial charge in [0, 0.05) is 18.4 Å². The second-order valence-electron chi connectivity index (χ2n) is 3.88. The average molecular weight is 265 g/mol. The van der Waals surface area contributed by atoms with Crippen molar-refractivity contribution in [2.24, 2.45) is 7.05 Å². The van der Waals surface area contributed by atoms with Gasteiger partial charge in [0.15, 0.2) is 11.0 Å². The van der Waals surface area contributed by atoms with Gasteiger partial charge in [-0.15, -0.1) is 10.2 Å². The van der Waals surface area contributed by atoms with E-state index < -0.39 is 6.10 Å². The molecule has 2 aromatic rings. The van der Waals surface area contributed by atoms with Crippen molar-refractivity contribution in [3.63, 3.8) is 0 Å². The molecule has 2 N–H and O–H groups in total. The molecule has 0 amide bonds. The molecule has 1 unspecified atom stereocenters. The van der Waals surface area contributed by atoms with E-state index in [-0.39, 0.29) is 6.61 Å². The molecule has 1 heterocycles. The van der Waals surface area contributed by atoms with Gasteiger partial charge in [-0.1, -0.05) is 42.1 Å². The van der Waals surface area contributed by atoms with Crippen molar-refractivity contribution < 1.29 is 10.2 Å². The van der Waals surface area contributed by atoms with Gasteiger partial charge in [-0.3, -0.25) is 0 Å². The van der Waals surface area contributed by atoms with Crippen LogP contribution in [0.25, 0.3) is 11.4 Å². The van der Waals surface area contributed by atoms with Gasteiger partial charge in [0.1, 0.15) is 0 Å². The fourth-order valence-corrected chi connectivity index (χ4v) is 2.33. The van der Waals surface area contributed by atoms with Crippen LogP contribution in [0, 0.1) is 0 Å². The van der Waals surface area contributed by atoms with Gasteiger partial charge in [0.05, 0.1) is 12.7 Å². The maximum atomic E-state index is 9.31. The number of benzene rings is 1. The van der Waals surface area contributed by atoms with Crippen molar-refractivity contribution in [1.82, 2.24) is 14.8 Å². The van der Waals surface area contributed by atoms with Crippen LogP contribution in [-0.2, 0) is 7.05 Å². The molecule has 2 rings (SSSR count). The summed E-state index contributed by atoms with van der Waals surface area (Å²) >= 11 is 1.37. The first-order valence-electron chi connectivity index (χ1n) is 5.59. The summed E-state index contributed by atoms with van der Waals surface area (Å²) in [5.74, 6) is 1.19. The SMILES string of the molecule is Cn1c(SCC(O)CO)nnc1-c1ccccc1. The third kappa shape index (κ3) is 2.90. The van der Waals surface area contributed by atoms with Gasteiger partial charge in [-0.25, -0.2) is 0 Å². The molecule has 0 bridgehead atoms. The molecule has 1 atom stereocenters. The number of hydrogen-bond acceptors (Lipinski definition) is 5. The first kappa shape index (κ1) is 13.1. The number of hydrogen-bond donors (Lipinski definition) is 2. The van der Waals surface area contributed by atoms with Crippen LogP contribution in [0.1, 0.15) is 0 Å². The number of rotatable bonds is 5. The fraction of sp³-hybridized carbons (Fsp3) is 0.333. The largest absolute Gasteiger partial charge is 0.394 e. The molecule has 18 heavy (non-hydrogen) atoms. The lowest BCUT2D eigenvalue weighted by atomic mass is 10.2. The van der Waals surface area contributed by atoms with E-state index in [1.54, 1.807) is 0 Å². The summed E-state index contributed by atoms with van der Waals surface area (Å²) in [6.45, 7) is -0.240. The predicted molar refractivity (Wildman–Crippen MR) is 70.3 cm³/mol. The zero-order valence-corrected chi connectivity index (χ0v) is 10.8. The summed E-state index contributed by atoms with van der Waals surface area (Å²) in [5.41, 5.74) is 1.00. The molecule has 0 aliphatic carbocycles. The Morgan fingerprint density at radius 2 is 2.00 bits per heavy atom. The maximum absolute atomic E-state index is 9.31. The van der Waals surface area contributed by atoms with E-state index in [0.29, 0.717) is 5.75 Å². The maximum Gasteiger partial charge on any atom is 0.191 e. The first-order chi connectivity index (χ1) is 8.72. The van der Waals surface area contributed by atoms with Gasteiger partial charge < -0.3 is 14.8 Å². The molecule has 5 nitrogen and oxygen atoms in total. The number of nitrogens with zero attached hydrogens (tertiary/aromatic N) is 3. The second kappa shape index (κ2) is 5.99. The summed E-state index contributed by atoms with van der Waals surface area (Å²) in [7, 11) is 1.88. The number of aliphatic hydroxyl groups excluding tert-OH is 2. The van der Waals surface area contributed by atoms with E-state index in [9.17, 15) is 5.11 Å². The Morgan fingerprint density at radius 3 is 2.67 bits per heavy atom. The molecule has 96 valence electrons. The molecule has 0 spiro atoms. The summed E-state index contributed by atoms with van der Waals surface area (Å²) in [6.07, 6.45) is -0.730. The highest BCUT2D eigenvalue weighted by Gasteiger charge is 2.12. The number of aliphatic hydroxyl groups is 2.